The summed E-state index contributed by atoms with van der Waals surface area (Å²) in [7, 11) is 0. The third-order valence-electron chi connectivity index (χ3n) is 5.11. The molecule has 6 heteroatoms. The van der Waals surface area contributed by atoms with Crippen LogP contribution in [0.1, 0.15) is 48.9 Å². The Balaban J connectivity index is 1.27. The molecule has 0 saturated carbocycles. The van der Waals surface area contributed by atoms with Gasteiger partial charge in [-0.05, 0) is 62.3 Å². The van der Waals surface area contributed by atoms with E-state index >= 15 is 0 Å². The van der Waals surface area contributed by atoms with Crippen LogP contribution in [0.4, 0.5) is 4.39 Å². The average Bonchev–Trinajstić information content (AvgIpc) is 2.93. The fraction of sp³-hybridized carbons (Fsp3) is 0.579. The maximum absolute atomic E-state index is 12.8. The van der Waals surface area contributed by atoms with Crippen molar-refractivity contribution in [2.45, 2.75) is 50.6 Å². The Hall–Kier alpha value is -1.95. The lowest BCUT2D eigenvalue weighted by Gasteiger charge is -2.28. The van der Waals surface area contributed by atoms with E-state index in [1.807, 2.05) is 0 Å². The zero-order chi connectivity index (χ0) is 17.6. The number of piperidine rings is 1. The number of amides is 2. The molecule has 1 aromatic rings. The van der Waals surface area contributed by atoms with Gasteiger partial charge in [-0.2, -0.15) is 0 Å². The number of hydrogen-bond donors (Lipinski definition) is 3. The number of fused-ring (bicyclic) bond motifs is 2. The highest BCUT2D eigenvalue weighted by atomic mass is 19.1. The van der Waals surface area contributed by atoms with Gasteiger partial charge in [0, 0.05) is 37.2 Å². The quantitative estimate of drug-likeness (QED) is 0.661. The topological polar surface area (TPSA) is 70.2 Å². The molecule has 0 aliphatic carbocycles. The van der Waals surface area contributed by atoms with Crippen molar-refractivity contribution in [3.8, 4) is 0 Å². The second kappa shape index (κ2) is 8.43. The van der Waals surface area contributed by atoms with Crippen molar-refractivity contribution in [3.05, 3.63) is 35.6 Å². The fourth-order valence-electron chi connectivity index (χ4n) is 3.90. The maximum atomic E-state index is 12.8. The number of carbonyl (C=O) groups excluding carboxylic acids is 2. The molecule has 2 aliphatic rings. The van der Waals surface area contributed by atoms with Crippen molar-refractivity contribution in [1.29, 1.82) is 0 Å². The zero-order valence-corrected chi connectivity index (χ0v) is 14.4. The highest BCUT2D eigenvalue weighted by Crippen LogP contribution is 2.32. The molecule has 25 heavy (non-hydrogen) atoms. The van der Waals surface area contributed by atoms with Gasteiger partial charge >= 0.3 is 0 Å². The third kappa shape index (κ3) is 5.26. The lowest BCUT2D eigenvalue weighted by Crippen LogP contribution is -2.40. The number of benzene rings is 1. The normalized spacial score (nSPS) is 24.8. The Morgan fingerprint density at radius 3 is 2.36 bits per heavy atom. The number of rotatable bonds is 7. The molecule has 136 valence electrons. The average molecular weight is 347 g/mol. The first-order chi connectivity index (χ1) is 12.1. The first-order valence-electron chi connectivity index (χ1n) is 9.16. The Kier molecular flexibility index (Phi) is 6.02. The highest BCUT2D eigenvalue weighted by Gasteiger charge is 2.33. The Bertz CT molecular complexity index is 593. The van der Waals surface area contributed by atoms with Gasteiger partial charge in [0.05, 0.1) is 0 Å². The molecular weight excluding hydrogens is 321 g/mol. The van der Waals surface area contributed by atoms with Crippen molar-refractivity contribution in [1.82, 2.24) is 16.0 Å². The first kappa shape index (κ1) is 17.9. The predicted molar refractivity (Wildman–Crippen MR) is 93.6 cm³/mol. The van der Waals surface area contributed by atoms with Crippen LogP contribution in [0.15, 0.2) is 24.3 Å². The van der Waals surface area contributed by atoms with Crippen molar-refractivity contribution < 1.29 is 14.0 Å². The minimum Gasteiger partial charge on any atom is -0.356 e. The summed E-state index contributed by atoms with van der Waals surface area (Å²) in [4.78, 5) is 23.9. The van der Waals surface area contributed by atoms with Crippen LogP contribution in [0.5, 0.6) is 0 Å². The SMILES string of the molecule is O=C(CC1CC2CCC(C1)N2)NCCCNC(=O)c1ccc(F)cc1. The molecule has 2 unspecified atom stereocenters. The highest BCUT2D eigenvalue weighted by molar-refractivity contribution is 5.94. The Labute approximate surface area is 147 Å². The number of halogens is 1. The minimum absolute atomic E-state index is 0.108. The van der Waals surface area contributed by atoms with E-state index in [0.29, 0.717) is 49.5 Å². The van der Waals surface area contributed by atoms with Gasteiger partial charge in [0.2, 0.25) is 5.91 Å². The summed E-state index contributed by atoms with van der Waals surface area (Å²) in [5.74, 6) is 0.0191. The van der Waals surface area contributed by atoms with E-state index in [1.54, 1.807) is 0 Å². The lowest BCUT2D eigenvalue weighted by atomic mass is 9.89. The molecule has 2 saturated heterocycles. The monoisotopic (exact) mass is 347 g/mol. The van der Waals surface area contributed by atoms with Crippen molar-refractivity contribution in [2.75, 3.05) is 13.1 Å². The van der Waals surface area contributed by atoms with E-state index in [-0.39, 0.29) is 17.6 Å². The van der Waals surface area contributed by atoms with Crippen LogP contribution in [-0.4, -0.2) is 37.0 Å². The first-order valence-corrected chi connectivity index (χ1v) is 9.16. The Morgan fingerprint density at radius 1 is 1.04 bits per heavy atom. The van der Waals surface area contributed by atoms with E-state index in [0.717, 1.165) is 12.8 Å². The van der Waals surface area contributed by atoms with Gasteiger partial charge in [-0.15, -0.1) is 0 Å². The summed E-state index contributed by atoms with van der Waals surface area (Å²) in [5.41, 5.74) is 0.436. The van der Waals surface area contributed by atoms with E-state index in [1.165, 1.54) is 37.1 Å². The van der Waals surface area contributed by atoms with E-state index in [2.05, 4.69) is 16.0 Å². The molecule has 0 spiro atoms. The van der Waals surface area contributed by atoms with Crippen LogP contribution in [0.3, 0.4) is 0 Å². The summed E-state index contributed by atoms with van der Waals surface area (Å²) >= 11 is 0. The zero-order valence-electron chi connectivity index (χ0n) is 14.4. The standard InChI is InChI=1S/C19H26FN3O2/c20-15-4-2-14(3-5-15)19(25)22-9-1-8-21-18(24)12-13-10-16-6-7-17(11-13)23-16/h2-5,13,16-17,23H,1,6-12H2,(H,21,24)(H,22,25). The Morgan fingerprint density at radius 2 is 1.68 bits per heavy atom. The minimum atomic E-state index is -0.360. The van der Waals surface area contributed by atoms with Crippen molar-refractivity contribution in [3.63, 3.8) is 0 Å². The van der Waals surface area contributed by atoms with Crippen LogP contribution in [0, 0.1) is 11.7 Å². The van der Waals surface area contributed by atoms with Gasteiger partial charge < -0.3 is 16.0 Å². The predicted octanol–water partition coefficient (Wildman–Crippen LogP) is 1.98. The van der Waals surface area contributed by atoms with Gasteiger partial charge in [-0.1, -0.05) is 0 Å². The van der Waals surface area contributed by atoms with Crippen LogP contribution in [0.2, 0.25) is 0 Å². The summed E-state index contributed by atoms with van der Waals surface area (Å²) < 4.78 is 12.8. The molecule has 0 radical (unpaired) electrons. The van der Waals surface area contributed by atoms with Gasteiger partial charge in [-0.25, -0.2) is 4.39 Å². The summed E-state index contributed by atoms with van der Waals surface area (Å²) in [5, 5.41) is 9.30. The largest absolute Gasteiger partial charge is 0.356 e. The third-order valence-corrected chi connectivity index (χ3v) is 5.11. The molecule has 2 fully saturated rings. The smallest absolute Gasteiger partial charge is 0.251 e. The molecule has 5 nitrogen and oxygen atoms in total. The molecule has 2 heterocycles. The van der Waals surface area contributed by atoms with Gasteiger partial charge in [0.15, 0.2) is 0 Å². The summed E-state index contributed by atoms with van der Waals surface area (Å²) in [6, 6.07) is 6.66. The van der Waals surface area contributed by atoms with E-state index in [4.69, 9.17) is 0 Å². The number of nitrogens with one attached hydrogen (secondary N) is 3. The van der Waals surface area contributed by atoms with Crippen LogP contribution in [0.25, 0.3) is 0 Å². The van der Waals surface area contributed by atoms with Gasteiger partial charge in [-0.3, -0.25) is 9.59 Å². The molecule has 2 atom stereocenters. The second-order valence-electron chi connectivity index (χ2n) is 7.15. The van der Waals surface area contributed by atoms with Gasteiger partial charge in [0.1, 0.15) is 5.82 Å². The maximum Gasteiger partial charge on any atom is 0.251 e. The molecule has 0 aromatic heterocycles. The molecule has 2 bridgehead atoms. The van der Waals surface area contributed by atoms with Crippen molar-refractivity contribution in [2.24, 2.45) is 5.92 Å². The van der Waals surface area contributed by atoms with Crippen LogP contribution < -0.4 is 16.0 Å². The molecular formula is C19H26FN3O2. The molecule has 2 amide bonds. The fourth-order valence-corrected chi connectivity index (χ4v) is 3.90. The van der Waals surface area contributed by atoms with Crippen LogP contribution >= 0.6 is 0 Å². The van der Waals surface area contributed by atoms with Gasteiger partial charge in [0.25, 0.3) is 5.91 Å². The molecule has 1 aromatic carbocycles. The van der Waals surface area contributed by atoms with E-state index < -0.39 is 0 Å². The summed E-state index contributed by atoms with van der Waals surface area (Å²) in [6.07, 6.45) is 6.00. The number of hydrogen-bond acceptors (Lipinski definition) is 3. The number of carbonyl (C=O) groups is 2. The lowest BCUT2D eigenvalue weighted by molar-refractivity contribution is -0.122. The van der Waals surface area contributed by atoms with Crippen molar-refractivity contribution >= 4 is 11.8 Å². The molecule has 3 N–H and O–H groups in total. The molecule has 3 rings (SSSR count). The van der Waals surface area contributed by atoms with Crippen LogP contribution in [-0.2, 0) is 4.79 Å². The molecule has 2 aliphatic heterocycles. The van der Waals surface area contributed by atoms with E-state index in [9.17, 15) is 14.0 Å². The second-order valence-corrected chi connectivity index (χ2v) is 7.15. The summed E-state index contributed by atoms with van der Waals surface area (Å²) in [6.45, 7) is 1.04.